The van der Waals surface area contributed by atoms with Gasteiger partial charge >= 0.3 is 0 Å². The lowest BCUT2D eigenvalue weighted by Gasteiger charge is -2.25. The summed E-state index contributed by atoms with van der Waals surface area (Å²) in [5, 5.41) is 3.83. The summed E-state index contributed by atoms with van der Waals surface area (Å²) < 4.78 is 0. The Hall–Kier alpha value is -1.84. The molecule has 2 aromatic carbocycles. The second-order valence-corrected chi connectivity index (χ2v) is 7.35. The summed E-state index contributed by atoms with van der Waals surface area (Å²) in [5.41, 5.74) is 3.49. The van der Waals surface area contributed by atoms with Crippen molar-refractivity contribution in [1.82, 2.24) is 10.2 Å². The molecule has 126 valence electrons. The van der Waals surface area contributed by atoms with Crippen LogP contribution in [-0.2, 0) is 11.3 Å². The summed E-state index contributed by atoms with van der Waals surface area (Å²) in [6, 6.07) is 16.5. The number of halogens is 1. The number of carbonyl (C=O) groups excluding carboxylic acids is 1. The molecule has 0 aromatic heterocycles. The number of rotatable bonds is 4. The Bertz CT molecular complexity index is 729. The largest absolute Gasteiger partial charge is 0.350 e. The number of benzene rings is 2. The van der Waals surface area contributed by atoms with Crippen molar-refractivity contribution in [1.29, 1.82) is 0 Å². The first-order valence-corrected chi connectivity index (χ1v) is 8.67. The van der Waals surface area contributed by atoms with Gasteiger partial charge in [0.05, 0.1) is 5.54 Å². The molecular weight excluding hydrogens is 320 g/mol. The molecule has 0 radical (unpaired) electrons. The zero-order valence-electron chi connectivity index (χ0n) is 14.2. The fraction of sp³-hybridized carbons (Fsp3) is 0.350. The molecule has 0 spiro atoms. The Balaban J connectivity index is 1.64. The van der Waals surface area contributed by atoms with Gasteiger partial charge in [-0.25, -0.2) is 0 Å². The SMILES string of the molecule is CC(=O)NC1(C)CCN(Cc2ccc(-c3cccc(Cl)c3)cc2)C1. The van der Waals surface area contributed by atoms with E-state index < -0.39 is 0 Å². The van der Waals surface area contributed by atoms with Gasteiger partial charge in [-0.1, -0.05) is 48.0 Å². The van der Waals surface area contributed by atoms with E-state index >= 15 is 0 Å². The summed E-state index contributed by atoms with van der Waals surface area (Å²) in [4.78, 5) is 13.7. The standard InChI is InChI=1S/C20H23ClN2O/c1-15(24)22-20(2)10-11-23(14-20)13-16-6-8-17(9-7-16)18-4-3-5-19(21)12-18/h3-9,12H,10-11,13-14H2,1-2H3,(H,22,24). The number of hydrogen-bond donors (Lipinski definition) is 1. The van der Waals surface area contributed by atoms with Crippen LogP contribution in [-0.4, -0.2) is 29.4 Å². The maximum Gasteiger partial charge on any atom is 0.217 e. The first-order chi connectivity index (χ1) is 11.4. The summed E-state index contributed by atoms with van der Waals surface area (Å²) in [5.74, 6) is 0.0465. The van der Waals surface area contributed by atoms with Crippen molar-refractivity contribution in [2.45, 2.75) is 32.4 Å². The average molecular weight is 343 g/mol. The minimum atomic E-state index is -0.105. The van der Waals surface area contributed by atoms with Crippen LogP contribution in [0.5, 0.6) is 0 Å². The van der Waals surface area contributed by atoms with E-state index in [1.807, 2.05) is 18.2 Å². The number of carbonyl (C=O) groups is 1. The summed E-state index contributed by atoms with van der Waals surface area (Å²) >= 11 is 6.07. The first-order valence-electron chi connectivity index (χ1n) is 8.30. The van der Waals surface area contributed by atoms with Gasteiger partial charge < -0.3 is 5.32 Å². The van der Waals surface area contributed by atoms with Crippen molar-refractivity contribution < 1.29 is 4.79 Å². The van der Waals surface area contributed by atoms with Crippen molar-refractivity contribution in [2.24, 2.45) is 0 Å². The molecule has 1 aliphatic heterocycles. The Morgan fingerprint density at radius 2 is 1.96 bits per heavy atom. The molecule has 1 aliphatic rings. The van der Waals surface area contributed by atoms with Crippen LogP contribution in [0.2, 0.25) is 5.02 Å². The van der Waals surface area contributed by atoms with Crippen LogP contribution in [0.3, 0.4) is 0 Å². The molecule has 1 amide bonds. The zero-order valence-corrected chi connectivity index (χ0v) is 14.9. The Kier molecular flexibility index (Phi) is 4.93. The van der Waals surface area contributed by atoms with E-state index in [1.165, 1.54) is 11.1 Å². The van der Waals surface area contributed by atoms with Crippen LogP contribution in [0.15, 0.2) is 48.5 Å². The van der Waals surface area contributed by atoms with Crippen LogP contribution in [0, 0.1) is 0 Å². The van der Waals surface area contributed by atoms with E-state index in [0.29, 0.717) is 0 Å². The van der Waals surface area contributed by atoms with Gasteiger partial charge in [-0.2, -0.15) is 0 Å². The molecule has 0 saturated carbocycles. The van der Waals surface area contributed by atoms with E-state index in [1.54, 1.807) is 6.92 Å². The van der Waals surface area contributed by atoms with Crippen molar-refractivity contribution in [3.05, 3.63) is 59.1 Å². The second-order valence-electron chi connectivity index (χ2n) is 6.91. The van der Waals surface area contributed by atoms with Crippen LogP contribution >= 0.6 is 11.6 Å². The van der Waals surface area contributed by atoms with E-state index in [9.17, 15) is 4.79 Å². The van der Waals surface area contributed by atoms with Crippen molar-refractivity contribution >= 4 is 17.5 Å². The molecule has 24 heavy (non-hydrogen) atoms. The number of hydrogen-bond acceptors (Lipinski definition) is 2. The lowest BCUT2D eigenvalue weighted by Crippen LogP contribution is -2.46. The maximum atomic E-state index is 11.3. The molecule has 3 rings (SSSR count). The van der Waals surface area contributed by atoms with E-state index in [-0.39, 0.29) is 11.4 Å². The lowest BCUT2D eigenvalue weighted by atomic mass is 10.0. The fourth-order valence-corrected chi connectivity index (χ4v) is 3.64. The summed E-state index contributed by atoms with van der Waals surface area (Å²) in [7, 11) is 0. The molecule has 1 saturated heterocycles. The molecule has 4 heteroatoms. The normalized spacial score (nSPS) is 21.0. The van der Waals surface area contributed by atoms with Gasteiger partial charge in [0.25, 0.3) is 0 Å². The summed E-state index contributed by atoms with van der Waals surface area (Å²) in [6.07, 6.45) is 0.993. The highest BCUT2D eigenvalue weighted by Gasteiger charge is 2.34. The van der Waals surface area contributed by atoms with Crippen molar-refractivity contribution in [3.8, 4) is 11.1 Å². The molecular formula is C20H23ClN2O. The van der Waals surface area contributed by atoms with Crippen LogP contribution in [0.4, 0.5) is 0 Å². The van der Waals surface area contributed by atoms with Crippen molar-refractivity contribution in [2.75, 3.05) is 13.1 Å². The monoisotopic (exact) mass is 342 g/mol. The van der Waals surface area contributed by atoms with Gasteiger partial charge in [0, 0.05) is 31.6 Å². The lowest BCUT2D eigenvalue weighted by molar-refractivity contribution is -0.120. The molecule has 1 unspecified atom stereocenters. The Morgan fingerprint density at radius 3 is 2.62 bits per heavy atom. The minimum absolute atomic E-state index is 0.0465. The quantitative estimate of drug-likeness (QED) is 0.907. The average Bonchev–Trinajstić information content (AvgIpc) is 2.88. The molecule has 0 aliphatic carbocycles. The molecule has 3 nitrogen and oxygen atoms in total. The van der Waals surface area contributed by atoms with E-state index in [4.69, 9.17) is 11.6 Å². The predicted octanol–water partition coefficient (Wildman–Crippen LogP) is 4.11. The fourth-order valence-electron chi connectivity index (χ4n) is 3.45. The van der Waals surface area contributed by atoms with Gasteiger partial charge in [0.2, 0.25) is 5.91 Å². The Labute approximate surface area is 148 Å². The third-order valence-corrected chi connectivity index (χ3v) is 4.78. The molecule has 1 fully saturated rings. The maximum absolute atomic E-state index is 11.3. The molecule has 2 aromatic rings. The number of nitrogens with zero attached hydrogens (tertiary/aromatic N) is 1. The molecule has 0 bridgehead atoms. The van der Waals surface area contributed by atoms with Crippen LogP contribution < -0.4 is 5.32 Å². The molecule has 1 N–H and O–H groups in total. The van der Waals surface area contributed by atoms with E-state index in [2.05, 4.69) is 47.5 Å². The van der Waals surface area contributed by atoms with Crippen LogP contribution in [0.1, 0.15) is 25.8 Å². The van der Waals surface area contributed by atoms with Crippen molar-refractivity contribution in [3.63, 3.8) is 0 Å². The van der Waals surface area contributed by atoms with Gasteiger partial charge in [-0.05, 0) is 42.2 Å². The zero-order chi connectivity index (χ0) is 17.2. The first kappa shape index (κ1) is 17.0. The third-order valence-electron chi connectivity index (χ3n) is 4.55. The van der Waals surface area contributed by atoms with Gasteiger partial charge in [0.1, 0.15) is 0 Å². The predicted molar refractivity (Wildman–Crippen MR) is 99.0 cm³/mol. The topological polar surface area (TPSA) is 32.3 Å². The van der Waals surface area contributed by atoms with Gasteiger partial charge in [0.15, 0.2) is 0 Å². The highest BCUT2D eigenvalue weighted by atomic mass is 35.5. The number of likely N-dealkylation sites (tertiary alicyclic amines) is 1. The number of amides is 1. The molecule has 1 atom stereocenters. The highest BCUT2D eigenvalue weighted by Crippen LogP contribution is 2.25. The van der Waals surface area contributed by atoms with Gasteiger partial charge in [-0.3, -0.25) is 9.69 Å². The third kappa shape index (κ3) is 4.16. The minimum Gasteiger partial charge on any atom is -0.350 e. The Morgan fingerprint density at radius 1 is 1.21 bits per heavy atom. The smallest absolute Gasteiger partial charge is 0.217 e. The van der Waals surface area contributed by atoms with E-state index in [0.717, 1.165) is 36.6 Å². The molecule has 1 heterocycles. The highest BCUT2D eigenvalue weighted by molar-refractivity contribution is 6.30. The number of nitrogens with one attached hydrogen (secondary N) is 1. The second kappa shape index (κ2) is 6.96. The van der Waals surface area contributed by atoms with Gasteiger partial charge in [-0.15, -0.1) is 0 Å². The summed E-state index contributed by atoms with van der Waals surface area (Å²) in [6.45, 7) is 6.51. The van der Waals surface area contributed by atoms with Crippen LogP contribution in [0.25, 0.3) is 11.1 Å².